The van der Waals surface area contributed by atoms with Gasteiger partial charge in [-0.15, -0.1) is 0 Å². The second kappa shape index (κ2) is 7.86. The molecule has 0 spiro atoms. The van der Waals surface area contributed by atoms with Crippen LogP contribution >= 0.6 is 0 Å². The van der Waals surface area contributed by atoms with Crippen LogP contribution in [0.15, 0.2) is 18.2 Å². The molecule has 1 aromatic carbocycles. The van der Waals surface area contributed by atoms with E-state index >= 15 is 0 Å². The van der Waals surface area contributed by atoms with E-state index in [-0.39, 0.29) is 24.8 Å². The van der Waals surface area contributed by atoms with E-state index in [2.05, 4.69) is 15.5 Å². The Kier molecular flexibility index (Phi) is 5.39. The number of nitrogens with one attached hydrogen (secondary N) is 2. The lowest BCUT2D eigenvalue weighted by Crippen LogP contribution is -2.59. The molecule has 4 rings (SSSR count). The van der Waals surface area contributed by atoms with Crippen LogP contribution < -0.4 is 15.4 Å². The highest BCUT2D eigenvalue weighted by Crippen LogP contribution is 2.30. The standard InChI is InChI=1S/C20H27N5O5/c1-23-5-7-24(8-6-23)16(26)10-20(18(28)21-19(29)22-20)12-25-11-13-3-4-14(30-2)9-15(13)17(25)27/h3-4,9,19,22,29H,5-8,10-12H2,1-2H3,(H,21,28). The van der Waals surface area contributed by atoms with Crippen LogP contribution in [-0.4, -0.2) is 96.3 Å². The van der Waals surface area contributed by atoms with Gasteiger partial charge in [0.05, 0.1) is 13.5 Å². The van der Waals surface area contributed by atoms with Gasteiger partial charge in [0, 0.05) is 44.8 Å². The number of carbonyl (C=O) groups is 3. The van der Waals surface area contributed by atoms with Crippen LogP contribution in [0.4, 0.5) is 0 Å². The van der Waals surface area contributed by atoms with E-state index in [1.54, 1.807) is 17.0 Å². The van der Waals surface area contributed by atoms with Gasteiger partial charge in [0.2, 0.25) is 11.8 Å². The molecule has 0 saturated carbocycles. The van der Waals surface area contributed by atoms with E-state index in [9.17, 15) is 19.5 Å². The Hall–Kier alpha value is -2.69. The van der Waals surface area contributed by atoms with Crippen LogP contribution in [0.2, 0.25) is 0 Å². The predicted octanol–water partition coefficient (Wildman–Crippen LogP) is -1.45. The third-order valence-electron chi connectivity index (χ3n) is 6.08. The number of carbonyl (C=O) groups excluding carboxylic acids is 3. The van der Waals surface area contributed by atoms with Crippen molar-refractivity contribution < 1.29 is 24.2 Å². The molecule has 2 unspecified atom stereocenters. The number of aliphatic hydroxyl groups is 1. The zero-order valence-corrected chi connectivity index (χ0v) is 17.2. The normalized spacial score (nSPS) is 26.7. The van der Waals surface area contributed by atoms with E-state index in [0.29, 0.717) is 30.9 Å². The van der Waals surface area contributed by atoms with Gasteiger partial charge in [-0.2, -0.15) is 0 Å². The maximum absolute atomic E-state index is 13.0. The molecule has 3 aliphatic rings. The van der Waals surface area contributed by atoms with Crippen molar-refractivity contribution >= 4 is 17.7 Å². The molecule has 0 radical (unpaired) electrons. The minimum absolute atomic E-state index is 0.0226. The summed E-state index contributed by atoms with van der Waals surface area (Å²) in [6, 6.07) is 5.29. The second-order valence-corrected chi connectivity index (χ2v) is 8.15. The molecule has 0 aromatic heterocycles. The highest BCUT2D eigenvalue weighted by molar-refractivity contribution is 6.00. The van der Waals surface area contributed by atoms with Crippen LogP contribution in [0.1, 0.15) is 22.3 Å². The lowest BCUT2D eigenvalue weighted by atomic mass is 9.93. The number of aliphatic hydroxyl groups excluding tert-OH is 1. The number of rotatable bonds is 5. The Morgan fingerprint density at radius 1 is 1.27 bits per heavy atom. The summed E-state index contributed by atoms with van der Waals surface area (Å²) in [5.74, 6) is -0.313. The van der Waals surface area contributed by atoms with E-state index in [0.717, 1.165) is 18.7 Å². The van der Waals surface area contributed by atoms with E-state index in [1.165, 1.54) is 12.0 Å². The number of hydrogen-bond donors (Lipinski definition) is 3. The molecule has 30 heavy (non-hydrogen) atoms. The van der Waals surface area contributed by atoms with Crippen LogP contribution in [-0.2, 0) is 16.1 Å². The summed E-state index contributed by atoms with van der Waals surface area (Å²) in [5, 5.41) is 15.2. The van der Waals surface area contributed by atoms with Gasteiger partial charge in [-0.1, -0.05) is 6.07 Å². The van der Waals surface area contributed by atoms with Crippen molar-refractivity contribution in [3.8, 4) is 5.75 Å². The molecule has 2 saturated heterocycles. The zero-order chi connectivity index (χ0) is 21.5. The van der Waals surface area contributed by atoms with Gasteiger partial charge in [0.25, 0.3) is 5.91 Å². The Bertz CT molecular complexity index is 869. The zero-order valence-electron chi connectivity index (χ0n) is 17.2. The van der Waals surface area contributed by atoms with Crippen molar-refractivity contribution in [2.75, 3.05) is 46.9 Å². The summed E-state index contributed by atoms with van der Waals surface area (Å²) in [4.78, 5) is 44.1. The lowest BCUT2D eigenvalue weighted by Gasteiger charge is -2.36. The summed E-state index contributed by atoms with van der Waals surface area (Å²) >= 11 is 0. The van der Waals surface area contributed by atoms with Gasteiger partial charge >= 0.3 is 0 Å². The van der Waals surface area contributed by atoms with Gasteiger partial charge < -0.3 is 29.9 Å². The monoisotopic (exact) mass is 417 g/mol. The fourth-order valence-corrected chi connectivity index (χ4v) is 4.28. The maximum atomic E-state index is 13.0. The van der Waals surface area contributed by atoms with Crippen LogP contribution in [0.3, 0.4) is 0 Å². The average molecular weight is 417 g/mol. The van der Waals surface area contributed by atoms with Crippen molar-refractivity contribution in [2.45, 2.75) is 24.9 Å². The predicted molar refractivity (Wildman–Crippen MR) is 106 cm³/mol. The first-order chi connectivity index (χ1) is 14.3. The number of nitrogens with zero attached hydrogens (tertiary/aromatic N) is 3. The van der Waals surface area contributed by atoms with Crippen LogP contribution in [0.25, 0.3) is 0 Å². The Labute approximate surface area is 174 Å². The summed E-state index contributed by atoms with van der Waals surface area (Å²) in [6.07, 6.45) is -1.40. The molecule has 0 aliphatic carbocycles. The first kappa shape index (κ1) is 20.6. The van der Waals surface area contributed by atoms with Gasteiger partial charge in [0.1, 0.15) is 11.3 Å². The number of methoxy groups -OCH3 is 1. The number of fused-ring (bicyclic) bond motifs is 1. The fourth-order valence-electron chi connectivity index (χ4n) is 4.28. The topological polar surface area (TPSA) is 114 Å². The number of likely N-dealkylation sites (N-methyl/N-ethyl adjacent to an activating group) is 1. The van der Waals surface area contributed by atoms with Gasteiger partial charge in [-0.3, -0.25) is 19.7 Å². The number of piperazine rings is 1. The van der Waals surface area contributed by atoms with Crippen molar-refractivity contribution in [1.29, 1.82) is 0 Å². The molecule has 3 heterocycles. The van der Waals surface area contributed by atoms with E-state index in [1.807, 2.05) is 13.1 Å². The Morgan fingerprint density at radius 2 is 2.00 bits per heavy atom. The van der Waals surface area contributed by atoms with Gasteiger partial charge in [-0.05, 0) is 24.7 Å². The molecule has 2 atom stereocenters. The molecule has 1 aromatic rings. The highest BCUT2D eigenvalue weighted by Gasteiger charge is 2.50. The SMILES string of the molecule is COc1ccc2c(c1)C(=O)N(CC1(CC(=O)N3CCN(C)CC3)NC(O)NC1=O)C2. The van der Waals surface area contributed by atoms with Crippen LogP contribution in [0.5, 0.6) is 5.75 Å². The molecular formula is C20H27N5O5. The molecule has 10 nitrogen and oxygen atoms in total. The molecule has 10 heteroatoms. The van der Waals surface area contributed by atoms with E-state index in [4.69, 9.17) is 4.74 Å². The Balaban J connectivity index is 1.53. The van der Waals surface area contributed by atoms with E-state index < -0.39 is 17.8 Å². The molecule has 162 valence electrons. The molecular weight excluding hydrogens is 390 g/mol. The van der Waals surface area contributed by atoms with Crippen molar-refractivity contribution in [3.05, 3.63) is 29.3 Å². The molecule has 3 N–H and O–H groups in total. The smallest absolute Gasteiger partial charge is 0.254 e. The molecule has 2 fully saturated rings. The highest BCUT2D eigenvalue weighted by atomic mass is 16.5. The average Bonchev–Trinajstić information content (AvgIpc) is 3.17. The minimum Gasteiger partial charge on any atom is -0.497 e. The molecule has 3 aliphatic heterocycles. The van der Waals surface area contributed by atoms with Crippen molar-refractivity contribution in [3.63, 3.8) is 0 Å². The van der Waals surface area contributed by atoms with Gasteiger partial charge in [-0.25, -0.2) is 0 Å². The number of ether oxygens (including phenoxy) is 1. The molecule has 3 amide bonds. The quantitative estimate of drug-likeness (QED) is 0.537. The minimum atomic E-state index is -1.39. The summed E-state index contributed by atoms with van der Waals surface area (Å²) in [7, 11) is 3.53. The lowest BCUT2D eigenvalue weighted by molar-refractivity contribution is -0.138. The van der Waals surface area contributed by atoms with Crippen molar-refractivity contribution in [2.24, 2.45) is 0 Å². The first-order valence-corrected chi connectivity index (χ1v) is 10.0. The number of benzene rings is 1. The fraction of sp³-hybridized carbons (Fsp3) is 0.550. The number of hydrogen-bond acceptors (Lipinski definition) is 7. The Morgan fingerprint density at radius 3 is 2.63 bits per heavy atom. The van der Waals surface area contributed by atoms with Crippen molar-refractivity contribution in [1.82, 2.24) is 25.3 Å². The van der Waals surface area contributed by atoms with Crippen LogP contribution in [0, 0.1) is 0 Å². The third-order valence-corrected chi connectivity index (χ3v) is 6.08. The summed E-state index contributed by atoms with van der Waals surface area (Å²) in [5.41, 5.74) is -0.0316. The largest absolute Gasteiger partial charge is 0.497 e. The third kappa shape index (κ3) is 3.73. The molecule has 0 bridgehead atoms. The first-order valence-electron chi connectivity index (χ1n) is 10.0. The summed E-state index contributed by atoms with van der Waals surface area (Å²) < 4.78 is 5.20. The second-order valence-electron chi connectivity index (χ2n) is 8.15. The maximum Gasteiger partial charge on any atom is 0.254 e. The van der Waals surface area contributed by atoms with Gasteiger partial charge in [0.15, 0.2) is 6.35 Å². The summed E-state index contributed by atoms with van der Waals surface area (Å²) in [6.45, 7) is 3.01. The number of amides is 3.